The Balaban J connectivity index is 1.61. The average Bonchev–Trinajstić information content (AvgIpc) is 3.19. The largest absolute Gasteiger partial charge is 0.449 e. The molecule has 1 unspecified atom stereocenters. The molecular weight excluding hydrogens is 352 g/mol. The van der Waals surface area contributed by atoms with Gasteiger partial charge in [0.25, 0.3) is 5.91 Å². The van der Waals surface area contributed by atoms with Gasteiger partial charge in [0.2, 0.25) is 0 Å². The highest BCUT2D eigenvalue weighted by Gasteiger charge is 2.28. The van der Waals surface area contributed by atoms with Crippen molar-refractivity contribution >= 4 is 28.5 Å². The van der Waals surface area contributed by atoms with Crippen LogP contribution in [0.15, 0.2) is 54.6 Å². The number of rotatable bonds is 4. The number of carbonyl (C=O) groups is 2. The van der Waals surface area contributed by atoms with Crippen LogP contribution >= 0.6 is 0 Å². The molecule has 1 aliphatic rings. The smallest absolute Gasteiger partial charge is 0.339 e. The maximum Gasteiger partial charge on any atom is 0.339 e. The van der Waals surface area contributed by atoms with Crippen molar-refractivity contribution in [1.82, 2.24) is 4.98 Å². The summed E-state index contributed by atoms with van der Waals surface area (Å²) in [5.74, 6) is -0.728. The van der Waals surface area contributed by atoms with Gasteiger partial charge < -0.3 is 9.64 Å². The number of pyridine rings is 1. The third-order valence-corrected chi connectivity index (χ3v) is 5.23. The van der Waals surface area contributed by atoms with E-state index in [-0.39, 0.29) is 5.91 Å². The number of nitrogens with zero attached hydrogens (tertiary/aromatic N) is 2. The number of esters is 1. The SMILES string of the molecule is CC(OC(=O)c1c2c(nc3ccccc13)CCC2)C(=O)N(C)c1ccccc1. The molecule has 0 saturated carbocycles. The molecule has 0 N–H and O–H groups in total. The van der Waals surface area contributed by atoms with E-state index in [0.29, 0.717) is 5.56 Å². The van der Waals surface area contributed by atoms with E-state index in [2.05, 4.69) is 0 Å². The standard InChI is InChI=1S/C23H22N2O3/c1-15(22(26)25(2)16-9-4-3-5-10-16)28-23(27)21-17-11-6-7-13-19(17)24-20-14-8-12-18(20)21/h3-7,9-11,13,15H,8,12,14H2,1-2H3. The quantitative estimate of drug-likeness (QED) is 0.649. The lowest BCUT2D eigenvalue weighted by Gasteiger charge is -2.22. The summed E-state index contributed by atoms with van der Waals surface area (Å²) in [5, 5.41) is 0.782. The second-order valence-electron chi connectivity index (χ2n) is 7.06. The molecule has 2 aromatic carbocycles. The molecule has 5 nitrogen and oxygen atoms in total. The van der Waals surface area contributed by atoms with Crippen molar-refractivity contribution in [1.29, 1.82) is 0 Å². The van der Waals surface area contributed by atoms with Crippen molar-refractivity contribution in [3.63, 3.8) is 0 Å². The lowest BCUT2D eigenvalue weighted by atomic mass is 10.0. The Hall–Kier alpha value is -3.21. The van der Waals surface area contributed by atoms with Crippen molar-refractivity contribution in [2.75, 3.05) is 11.9 Å². The lowest BCUT2D eigenvalue weighted by Crippen LogP contribution is -2.37. The molecule has 0 fully saturated rings. The number of hydrogen-bond acceptors (Lipinski definition) is 4. The average molecular weight is 374 g/mol. The molecule has 0 spiro atoms. The van der Waals surface area contributed by atoms with Crippen molar-refractivity contribution in [2.45, 2.75) is 32.3 Å². The van der Waals surface area contributed by atoms with Crippen LogP contribution in [-0.2, 0) is 22.4 Å². The van der Waals surface area contributed by atoms with Gasteiger partial charge in [0.1, 0.15) is 0 Å². The fourth-order valence-electron chi connectivity index (χ4n) is 3.77. The first kappa shape index (κ1) is 18.2. The fourth-order valence-corrected chi connectivity index (χ4v) is 3.77. The number of carbonyl (C=O) groups excluding carboxylic acids is 2. The molecule has 1 aromatic heterocycles. The number of aryl methyl sites for hydroxylation is 1. The molecule has 1 heterocycles. The number of likely N-dealkylation sites (N-methyl/N-ethyl adjacent to an activating group) is 1. The van der Waals surface area contributed by atoms with Crippen LogP contribution in [0, 0.1) is 0 Å². The molecule has 0 radical (unpaired) electrons. The van der Waals surface area contributed by atoms with Gasteiger partial charge in [-0.25, -0.2) is 4.79 Å². The van der Waals surface area contributed by atoms with Gasteiger partial charge in [-0.1, -0.05) is 36.4 Å². The molecule has 1 aliphatic carbocycles. The molecule has 0 saturated heterocycles. The summed E-state index contributed by atoms with van der Waals surface area (Å²) in [7, 11) is 1.68. The van der Waals surface area contributed by atoms with Crippen molar-refractivity contribution < 1.29 is 14.3 Å². The van der Waals surface area contributed by atoms with Crippen LogP contribution in [0.2, 0.25) is 0 Å². The van der Waals surface area contributed by atoms with E-state index < -0.39 is 12.1 Å². The minimum Gasteiger partial charge on any atom is -0.449 e. The molecule has 5 heteroatoms. The van der Waals surface area contributed by atoms with Crippen LogP contribution in [0.25, 0.3) is 10.9 Å². The molecule has 3 aromatic rings. The summed E-state index contributed by atoms with van der Waals surface area (Å²) >= 11 is 0. The van der Waals surface area contributed by atoms with E-state index in [1.165, 1.54) is 4.90 Å². The molecule has 0 aliphatic heterocycles. The minimum atomic E-state index is -0.887. The molecular formula is C23H22N2O3. The Morgan fingerprint density at radius 2 is 1.75 bits per heavy atom. The zero-order valence-electron chi connectivity index (χ0n) is 16.0. The molecule has 1 atom stereocenters. The highest BCUT2D eigenvalue weighted by molar-refractivity contribution is 6.06. The Labute approximate surface area is 163 Å². The minimum absolute atomic E-state index is 0.269. The first-order valence-electron chi connectivity index (χ1n) is 9.50. The van der Waals surface area contributed by atoms with Gasteiger partial charge in [0.15, 0.2) is 6.10 Å². The van der Waals surface area contributed by atoms with Gasteiger partial charge in [0, 0.05) is 23.8 Å². The number of aromatic nitrogens is 1. The number of para-hydroxylation sites is 2. The maximum absolute atomic E-state index is 13.1. The summed E-state index contributed by atoms with van der Waals surface area (Å²) in [6, 6.07) is 16.9. The van der Waals surface area contributed by atoms with Gasteiger partial charge in [-0.15, -0.1) is 0 Å². The third kappa shape index (κ3) is 3.24. The van der Waals surface area contributed by atoms with E-state index in [4.69, 9.17) is 9.72 Å². The van der Waals surface area contributed by atoms with Crippen molar-refractivity contribution in [3.05, 3.63) is 71.4 Å². The van der Waals surface area contributed by atoms with Crippen LogP contribution in [0.1, 0.15) is 35.0 Å². The first-order valence-corrected chi connectivity index (χ1v) is 9.50. The zero-order valence-corrected chi connectivity index (χ0v) is 16.0. The number of benzene rings is 2. The van der Waals surface area contributed by atoms with Crippen molar-refractivity contribution in [3.8, 4) is 0 Å². The summed E-state index contributed by atoms with van der Waals surface area (Å²) in [6.45, 7) is 1.61. The third-order valence-electron chi connectivity index (χ3n) is 5.23. The van der Waals surface area contributed by atoms with E-state index in [0.717, 1.165) is 47.1 Å². The van der Waals surface area contributed by atoms with Crippen LogP contribution in [0.3, 0.4) is 0 Å². The Kier molecular flexibility index (Phi) is 4.82. The molecule has 142 valence electrons. The van der Waals surface area contributed by atoms with Gasteiger partial charge in [-0.2, -0.15) is 0 Å². The molecule has 1 amide bonds. The van der Waals surface area contributed by atoms with Crippen LogP contribution in [-0.4, -0.2) is 30.0 Å². The zero-order chi connectivity index (χ0) is 19.7. The number of fused-ring (bicyclic) bond motifs is 2. The van der Waals surface area contributed by atoms with E-state index >= 15 is 0 Å². The van der Waals surface area contributed by atoms with E-state index in [1.54, 1.807) is 14.0 Å². The maximum atomic E-state index is 13.1. The highest BCUT2D eigenvalue weighted by atomic mass is 16.5. The van der Waals surface area contributed by atoms with Crippen LogP contribution < -0.4 is 4.90 Å². The van der Waals surface area contributed by atoms with E-state index in [9.17, 15) is 9.59 Å². The second kappa shape index (κ2) is 7.43. The summed E-state index contributed by atoms with van der Waals surface area (Å²) in [6.07, 6.45) is 1.77. The van der Waals surface area contributed by atoms with Crippen LogP contribution in [0.4, 0.5) is 5.69 Å². The predicted octanol–water partition coefficient (Wildman–Crippen LogP) is 3.93. The van der Waals surface area contributed by atoms with E-state index in [1.807, 2.05) is 54.6 Å². The predicted molar refractivity (Wildman–Crippen MR) is 108 cm³/mol. The topological polar surface area (TPSA) is 59.5 Å². The highest BCUT2D eigenvalue weighted by Crippen LogP contribution is 2.30. The van der Waals surface area contributed by atoms with Crippen molar-refractivity contribution in [2.24, 2.45) is 0 Å². The second-order valence-corrected chi connectivity index (χ2v) is 7.06. The Morgan fingerprint density at radius 1 is 1.04 bits per heavy atom. The summed E-state index contributed by atoms with van der Waals surface area (Å²) in [5.41, 5.74) is 4.02. The summed E-state index contributed by atoms with van der Waals surface area (Å²) in [4.78, 5) is 32.0. The first-order chi connectivity index (χ1) is 13.6. The van der Waals surface area contributed by atoms with Gasteiger partial charge in [0.05, 0.1) is 11.1 Å². The molecule has 4 rings (SSSR count). The summed E-state index contributed by atoms with van der Waals surface area (Å²) < 4.78 is 5.62. The fraction of sp³-hybridized carbons (Fsp3) is 0.261. The Morgan fingerprint density at radius 3 is 2.54 bits per heavy atom. The monoisotopic (exact) mass is 374 g/mol. The Bertz CT molecular complexity index is 1050. The van der Waals surface area contributed by atoms with Gasteiger partial charge in [-0.05, 0) is 49.9 Å². The van der Waals surface area contributed by atoms with Crippen LogP contribution in [0.5, 0.6) is 0 Å². The molecule has 0 bridgehead atoms. The van der Waals surface area contributed by atoms with Gasteiger partial charge in [-0.3, -0.25) is 9.78 Å². The number of hydrogen-bond donors (Lipinski definition) is 0. The number of anilines is 1. The normalized spacial score (nSPS) is 13.8. The van der Waals surface area contributed by atoms with Gasteiger partial charge >= 0.3 is 5.97 Å². The number of amides is 1. The number of ether oxygens (including phenoxy) is 1. The lowest BCUT2D eigenvalue weighted by molar-refractivity contribution is -0.126. The molecule has 28 heavy (non-hydrogen) atoms.